The second kappa shape index (κ2) is 14.0. The van der Waals surface area contributed by atoms with Crippen LogP contribution >= 0.6 is 31.0 Å². The number of fused-ring (bicyclic) bond motifs is 1. The average molecular weight is 665 g/mol. The van der Waals surface area contributed by atoms with Crippen LogP contribution < -0.4 is 11.1 Å². The molecule has 8 nitrogen and oxygen atoms in total. The number of amides is 1. The van der Waals surface area contributed by atoms with Gasteiger partial charge in [0.05, 0.1) is 17.4 Å². The van der Waals surface area contributed by atoms with Crippen molar-refractivity contribution in [3.8, 4) is 11.3 Å². The molecule has 2 aromatic heterocycles. The molecule has 3 rings (SSSR count). The second-order valence-electron chi connectivity index (χ2n) is 7.27. The highest BCUT2D eigenvalue weighted by Gasteiger charge is 2.35. The van der Waals surface area contributed by atoms with Crippen LogP contribution in [-0.2, 0) is 17.5 Å². The molecule has 0 aliphatic carbocycles. The van der Waals surface area contributed by atoms with Crippen LogP contribution in [-0.4, -0.2) is 45.6 Å². The van der Waals surface area contributed by atoms with E-state index in [0.29, 0.717) is 30.6 Å². The van der Waals surface area contributed by atoms with Crippen LogP contribution in [0.5, 0.6) is 0 Å². The fraction of sp³-hybridized carbons (Fsp3) is 0.476. The van der Waals surface area contributed by atoms with Crippen molar-refractivity contribution in [1.82, 2.24) is 20.1 Å². The second-order valence-corrected chi connectivity index (χ2v) is 7.27. The van der Waals surface area contributed by atoms with Gasteiger partial charge < -0.3 is 11.1 Å². The number of aryl methyl sites for hydroxylation is 2. The third-order valence-corrected chi connectivity index (χ3v) is 4.94. The molecule has 0 aromatic carbocycles. The van der Waals surface area contributed by atoms with Crippen LogP contribution in [0.1, 0.15) is 49.7 Å². The van der Waals surface area contributed by atoms with Gasteiger partial charge >= 0.3 is 12.4 Å². The van der Waals surface area contributed by atoms with E-state index in [1.807, 2.05) is 35.1 Å². The van der Waals surface area contributed by atoms with E-state index in [4.69, 9.17) is 5.73 Å². The van der Waals surface area contributed by atoms with Gasteiger partial charge in [-0.15, -0.1) is 9.80 Å². The van der Waals surface area contributed by atoms with Crippen LogP contribution in [0, 0.1) is 6.92 Å². The number of rotatable bonds is 2. The predicted octanol–water partition coefficient (Wildman–Crippen LogP) is 5.46. The van der Waals surface area contributed by atoms with Gasteiger partial charge in [-0.05, 0) is 58.7 Å². The van der Waals surface area contributed by atoms with Gasteiger partial charge in [0.2, 0.25) is 11.7 Å². The molecule has 0 radical (unpaired) electrons. The van der Waals surface area contributed by atoms with Crippen LogP contribution in [0.4, 0.5) is 26.3 Å². The first kappa shape index (κ1) is 32.7. The van der Waals surface area contributed by atoms with Gasteiger partial charge in [-0.1, -0.05) is 13.8 Å². The van der Waals surface area contributed by atoms with Gasteiger partial charge in [0.15, 0.2) is 0 Å². The minimum absolute atomic E-state index is 0.225. The number of aliphatic imine (C=N–C) groups is 2. The summed E-state index contributed by atoms with van der Waals surface area (Å²) in [6.45, 7) is 6.04. The number of pyridine rings is 1. The van der Waals surface area contributed by atoms with E-state index in [1.54, 1.807) is 6.92 Å². The summed E-state index contributed by atoms with van der Waals surface area (Å²) >= 11 is 1.84. The third kappa shape index (κ3) is 8.58. The van der Waals surface area contributed by atoms with Crippen molar-refractivity contribution < 1.29 is 31.1 Å². The van der Waals surface area contributed by atoms with Crippen molar-refractivity contribution in [2.24, 2.45) is 15.7 Å². The fourth-order valence-corrected chi connectivity index (χ4v) is 3.32. The van der Waals surface area contributed by atoms with Gasteiger partial charge in [0, 0.05) is 25.4 Å². The smallest absolute Gasteiger partial charge is 0.380 e. The number of hydrogen-bond donors (Lipinski definition) is 3. The molecule has 0 bridgehead atoms. The third-order valence-electron chi connectivity index (χ3n) is 4.94. The first-order valence-electron chi connectivity index (χ1n) is 10.8. The van der Waals surface area contributed by atoms with Crippen LogP contribution in [0.2, 0.25) is 0 Å². The highest BCUT2D eigenvalue weighted by Crippen LogP contribution is 2.34. The van der Waals surface area contributed by atoms with Crippen LogP contribution in [0.15, 0.2) is 28.3 Å². The number of aromatic nitrogens is 3. The zero-order valence-electron chi connectivity index (χ0n) is 20.2. The topological polar surface area (TPSA) is 111 Å². The summed E-state index contributed by atoms with van der Waals surface area (Å²) in [7, 11) is 4.59. The van der Waals surface area contributed by atoms with Crippen molar-refractivity contribution >= 4 is 48.6 Å². The Bertz CT molecular complexity index is 1130. The minimum Gasteiger partial charge on any atom is -0.380 e. The van der Waals surface area contributed by atoms with E-state index >= 15 is 0 Å². The Morgan fingerprint density at radius 2 is 1.84 bits per heavy atom. The van der Waals surface area contributed by atoms with E-state index in [2.05, 4.69) is 35.2 Å². The van der Waals surface area contributed by atoms with Crippen molar-refractivity contribution in [3.05, 3.63) is 35.3 Å². The Morgan fingerprint density at radius 1 is 1.22 bits per heavy atom. The zero-order chi connectivity index (χ0) is 28.6. The predicted molar refractivity (Wildman–Crippen MR) is 141 cm³/mol. The highest BCUT2D eigenvalue weighted by atomic mass is 127. The molecule has 206 valence electrons. The molecule has 0 saturated carbocycles. The highest BCUT2D eigenvalue weighted by molar-refractivity contribution is 14.2. The lowest BCUT2D eigenvalue weighted by Gasteiger charge is -2.24. The van der Waals surface area contributed by atoms with E-state index < -0.39 is 41.7 Å². The molecule has 37 heavy (non-hydrogen) atoms. The Kier molecular flexibility index (Phi) is 12.3. The first-order chi connectivity index (χ1) is 17.3. The largest absolute Gasteiger partial charge is 0.449 e. The van der Waals surface area contributed by atoms with Crippen molar-refractivity contribution in [3.63, 3.8) is 0 Å². The standard InChI is InChI=1S/C19H19F6N7O.C2H6.HIS/c1-9-8-28-14(18(20,21)22)6-10(9)12-7-13-11(4-3-5-32(13)31-12)29-16(33)15(27-2)30-17(26)19(23,24)25;2*1-2/h6-8,11H,3-5H2,1-2H3,(H,29,33)(H2,26,27,30);1-2H3;2H. The Balaban J connectivity index is 0.00000163. The molecule has 0 spiro atoms. The maximum absolute atomic E-state index is 13.1. The molecule has 3 heterocycles. The Morgan fingerprint density at radius 3 is 2.38 bits per heavy atom. The quantitative estimate of drug-likeness (QED) is 0.130. The van der Waals surface area contributed by atoms with Gasteiger partial charge in [0.1, 0.15) is 5.69 Å². The lowest BCUT2D eigenvalue weighted by Crippen LogP contribution is -2.39. The fourth-order valence-electron chi connectivity index (χ4n) is 3.32. The number of amidine groups is 2. The number of thiol groups is 1. The maximum Gasteiger partial charge on any atom is 0.449 e. The average Bonchev–Trinajstić information content (AvgIpc) is 3.29. The van der Waals surface area contributed by atoms with Gasteiger partial charge in [0.25, 0.3) is 5.91 Å². The SMILES string of the molecule is CC.CN=C(N=C(N)C(F)(F)F)C(=O)NC1CCCn2nc(-c3cc(C(F)(F)F)ncc3C)cc21.SI. The number of carbonyl (C=O) groups excluding carboxylic acids is 1. The van der Waals surface area contributed by atoms with E-state index in [-0.39, 0.29) is 11.3 Å². The Labute approximate surface area is 227 Å². The van der Waals surface area contributed by atoms with E-state index in [9.17, 15) is 31.1 Å². The summed E-state index contributed by atoms with van der Waals surface area (Å²) in [6, 6.07) is 1.76. The molecular formula is C21H26F6IN7OS. The summed E-state index contributed by atoms with van der Waals surface area (Å²) in [5.74, 6) is -3.46. The van der Waals surface area contributed by atoms with Gasteiger partial charge in [-0.2, -0.15) is 31.4 Å². The molecule has 16 heteroatoms. The molecule has 0 saturated heterocycles. The summed E-state index contributed by atoms with van der Waals surface area (Å²) in [5, 5.41) is 6.90. The summed E-state index contributed by atoms with van der Waals surface area (Å²) in [6.07, 6.45) is -7.47. The lowest BCUT2D eigenvalue weighted by atomic mass is 10.0. The number of carbonyl (C=O) groups is 1. The normalized spacial score (nSPS) is 16.1. The van der Waals surface area contributed by atoms with Crippen molar-refractivity contribution in [1.29, 1.82) is 0 Å². The number of nitrogens with two attached hydrogens (primary N) is 1. The zero-order valence-corrected chi connectivity index (χ0v) is 23.3. The van der Waals surface area contributed by atoms with Gasteiger partial charge in [-0.3, -0.25) is 19.5 Å². The van der Waals surface area contributed by atoms with E-state index in [0.717, 1.165) is 19.3 Å². The molecule has 1 atom stereocenters. The van der Waals surface area contributed by atoms with Crippen molar-refractivity contribution in [2.75, 3.05) is 7.05 Å². The first-order valence-corrected chi connectivity index (χ1v) is 14.0. The number of nitrogens with one attached hydrogen (secondary N) is 1. The number of hydrogen-bond acceptors (Lipinski definition) is 5. The number of halogens is 7. The molecular weight excluding hydrogens is 639 g/mol. The molecule has 0 fully saturated rings. The molecule has 1 aliphatic heterocycles. The van der Waals surface area contributed by atoms with E-state index in [1.165, 1.54) is 10.7 Å². The van der Waals surface area contributed by atoms with Crippen molar-refractivity contribution in [2.45, 2.75) is 58.6 Å². The lowest BCUT2D eigenvalue weighted by molar-refractivity contribution is -0.141. The molecule has 3 N–H and O–H groups in total. The summed E-state index contributed by atoms with van der Waals surface area (Å²) in [5.41, 5.74) is 5.23. The molecule has 1 unspecified atom stereocenters. The molecule has 1 amide bonds. The Hall–Kier alpha value is -2.37. The maximum atomic E-state index is 13.1. The molecule has 2 aromatic rings. The summed E-state index contributed by atoms with van der Waals surface area (Å²) in [4.78, 5) is 22.4. The number of alkyl halides is 6. The van der Waals surface area contributed by atoms with Crippen LogP contribution in [0.3, 0.4) is 0 Å². The summed E-state index contributed by atoms with van der Waals surface area (Å²) < 4.78 is 78.7. The molecule has 1 aliphatic rings. The van der Waals surface area contributed by atoms with Gasteiger partial charge in [-0.25, -0.2) is 4.99 Å². The number of nitrogens with zero attached hydrogens (tertiary/aromatic N) is 5. The monoisotopic (exact) mass is 665 g/mol. The minimum atomic E-state index is -4.92. The van der Waals surface area contributed by atoms with Crippen LogP contribution in [0.25, 0.3) is 11.3 Å².